The van der Waals surface area contributed by atoms with E-state index in [-0.39, 0.29) is 0 Å². The van der Waals surface area contributed by atoms with Gasteiger partial charge in [0.1, 0.15) is 0 Å². The second kappa shape index (κ2) is 7.42. The number of nitrogens with zero attached hydrogens (tertiary/aromatic N) is 2. The van der Waals surface area contributed by atoms with Crippen LogP contribution in [0.15, 0.2) is 30.3 Å². The van der Waals surface area contributed by atoms with Crippen molar-refractivity contribution in [2.45, 2.75) is 39.3 Å². The van der Waals surface area contributed by atoms with Crippen LogP contribution >= 0.6 is 0 Å². The van der Waals surface area contributed by atoms with Crippen molar-refractivity contribution in [3.05, 3.63) is 35.9 Å². The predicted octanol–water partition coefficient (Wildman–Crippen LogP) is 1.94. The number of hydrogen-bond donors (Lipinski definition) is 1. The summed E-state index contributed by atoms with van der Waals surface area (Å²) in [5.41, 5.74) is 0.914. The van der Waals surface area contributed by atoms with Crippen LogP contribution in [0.3, 0.4) is 0 Å². The fourth-order valence-corrected chi connectivity index (χ4v) is 4.92. The molecule has 1 N–H and O–H groups in total. The Morgan fingerprint density at radius 2 is 2.00 bits per heavy atom. The smallest absolute Gasteiger partial charge is 0.308 e. The maximum atomic E-state index is 13.0. The maximum Gasteiger partial charge on any atom is 0.308 e. The van der Waals surface area contributed by atoms with Gasteiger partial charge in [-0.05, 0) is 25.3 Å². The first kappa shape index (κ1) is 17.9. The molecule has 1 fully saturated rings. The molecule has 0 saturated carbocycles. The molecule has 2 atom stereocenters. The first-order valence-electron chi connectivity index (χ1n) is 7.91. The lowest BCUT2D eigenvalue weighted by Crippen LogP contribution is -2.53. The molecule has 23 heavy (non-hydrogen) atoms. The molecule has 0 amide bonds. The molecular weight excluding hydrogens is 316 g/mol. The van der Waals surface area contributed by atoms with Gasteiger partial charge in [-0.3, -0.25) is 4.79 Å². The van der Waals surface area contributed by atoms with Gasteiger partial charge in [0.05, 0.1) is 5.92 Å². The van der Waals surface area contributed by atoms with Gasteiger partial charge < -0.3 is 5.11 Å². The molecule has 0 bridgehead atoms. The molecule has 0 radical (unpaired) electrons. The zero-order valence-electron chi connectivity index (χ0n) is 13.6. The Morgan fingerprint density at radius 3 is 2.57 bits per heavy atom. The van der Waals surface area contributed by atoms with E-state index in [1.54, 1.807) is 13.8 Å². The Morgan fingerprint density at radius 1 is 1.35 bits per heavy atom. The fourth-order valence-electron chi connectivity index (χ4n) is 3.06. The predicted molar refractivity (Wildman–Crippen MR) is 88.0 cm³/mol. The third-order valence-electron chi connectivity index (χ3n) is 4.42. The van der Waals surface area contributed by atoms with E-state index < -0.39 is 28.1 Å². The van der Waals surface area contributed by atoms with Crippen LogP contribution in [-0.2, 0) is 21.5 Å². The van der Waals surface area contributed by atoms with E-state index in [9.17, 15) is 18.3 Å². The maximum absolute atomic E-state index is 13.0. The summed E-state index contributed by atoms with van der Waals surface area (Å²) in [5.74, 6) is -1.57. The van der Waals surface area contributed by atoms with Crippen LogP contribution in [0, 0.1) is 5.92 Å². The molecule has 1 saturated heterocycles. The minimum Gasteiger partial charge on any atom is -0.481 e. The molecule has 6 nitrogen and oxygen atoms in total. The number of aliphatic carboxylic acids is 1. The summed E-state index contributed by atoms with van der Waals surface area (Å²) in [5, 5.41) is 9.29. The fraction of sp³-hybridized carbons (Fsp3) is 0.562. The lowest BCUT2D eigenvalue weighted by atomic mass is 9.92. The number of carbonyl (C=O) groups is 1. The van der Waals surface area contributed by atoms with Crippen molar-refractivity contribution in [2.75, 3.05) is 13.1 Å². The normalized spacial score (nSPS) is 23.1. The topological polar surface area (TPSA) is 77.9 Å². The molecule has 0 unspecified atom stereocenters. The monoisotopic (exact) mass is 340 g/mol. The number of carboxylic acids is 1. The quantitative estimate of drug-likeness (QED) is 0.858. The van der Waals surface area contributed by atoms with Crippen LogP contribution < -0.4 is 0 Å². The van der Waals surface area contributed by atoms with Crippen molar-refractivity contribution in [1.82, 2.24) is 8.61 Å². The van der Waals surface area contributed by atoms with Gasteiger partial charge >= 0.3 is 5.97 Å². The van der Waals surface area contributed by atoms with Crippen molar-refractivity contribution >= 4 is 16.2 Å². The van der Waals surface area contributed by atoms with Crippen molar-refractivity contribution in [2.24, 2.45) is 5.92 Å². The molecule has 0 aromatic heterocycles. The van der Waals surface area contributed by atoms with E-state index in [2.05, 4.69) is 0 Å². The lowest BCUT2D eigenvalue weighted by molar-refractivity contribution is -0.144. The first-order chi connectivity index (χ1) is 10.9. The van der Waals surface area contributed by atoms with Crippen LogP contribution in [0.2, 0.25) is 0 Å². The number of piperidine rings is 1. The molecule has 1 aromatic carbocycles. The highest BCUT2D eigenvalue weighted by Crippen LogP contribution is 2.28. The standard InChI is InChI=1S/C16H24N2O4S/c1-3-17(12-14-8-5-4-6-9-14)23(21,22)18-11-7-10-15(13(18)2)16(19)20/h4-6,8-9,13,15H,3,7,10-12H2,1-2H3,(H,19,20)/t13-,15-/m0/s1. The van der Waals surface area contributed by atoms with Crippen molar-refractivity contribution in [3.8, 4) is 0 Å². The molecule has 1 aromatic rings. The Kier molecular flexibility index (Phi) is 5.78. The van der Waals surface area contributed by atoms with E-state index in [0.29, 0.717) is 32.5 Å². The number of carboxylic acid groups (broad SMARTS) is 1. The Balaban J connectivity index is 2.22. The van der Waals surface area contributed by atoms with Crippen molar-refractivity contribution < 1.29 is 18.3 Å². The van der Waals surface area contributed by atoms with Gasteiger partial charge in [0.2, 0.25) is 0 Å². The molecule has 1 aliphatic rings. The average Bonchev–Trinajstić information content (AvgIpc) is 2.53. The highest BCUT2D eigenvalue weighted by molar-refractivity contribution is 7.86. The second-order valence-electron chi connectivity index (χ2n) is 5.86. The summed E-state index contributed by atoms with van der Waals surface area (Å²) in [6.07, 6.45) is 1.09. The summed E-state index contributed by atoms with van der Waals surface area (Å²) in [7, 11) is -3.68. The van der Waals surface area contributed by atoms with Crippen LogP contribution in [0.4, 0.5) is 0 Å². The van der Waals surface area contributed by atoms with E-state index in [0.717, 1.165) is 5.56 Å². The van der Waals surface area contributed by atoms with Gasteiger partial charge in [-0.15, -0.1) is 0 Å². The van der Waals surface area contributed by atoms with Gasteiger partial charge in [0, 0.05) is 25.7 Å². The summed E-state index contributed by atoms with van der Waals surface area (Å²) >= 11 is 0. The highest BCUT2D eigenvalue weighted by Gasteiger charge is 2.41. The molecular formula is C16H24N2O4S. The lowest BCUT2D eigenvalue weighted by Gasteiger charge is -2.39. The number of rotatable bonds is 6. The zero-order valence-corrected chi connectivity index (χ0v) is 14.4. The van der Waals surface area contributed by atoms with Gasteiger partial charge in [0.15, 0.2) is 0 Å². The van der Waals surface area contributed by atoms with Crippen LogP contribution in [0.5, 0.6) is 0 Å². The van der Waals surface area contributed by atoms with E-state index in [4.69, 9.17) is 0 Å². The molecule has 0 aliphatic carbocycles. The molecule has 1 heterocycles. The number of benzene rings is 1. The van der Waals surface area contributed by atoms with Crippen molar-refractivity contribution in [1.29, 1.82) is 0 Å². The Bertz CT molecular complexity index is 633. The van der Waals surface area contributed by atoms with Gasteiger partial charge in [-0.1, -0.05) is 37.3 Å². The summed E-state index contributed by atoms with van der Waals surface area (Å²) in [6.45, 7) is 4.49. The minimum absolute atomic E-state index is 0.292. The van der Waals surface area contributed by atoms with Gasteiger partial charge in [-0.25, -0.2) is 0 Å². The highest BCUT2D eigenvalue weighted by atomic mass is 32.2. The van der Waals surface area contributed by atoms with E-state index in [1.165, 1.54) is 8.61 Å². The molecule has 7 heteroatoms. The molecule has 128 valence electrons. The van der Waals surface area contributed by atoms with Gasteiger partial charge in [-0.2, -0.15) is 17.0 Å². The van der Waals surface area contributed by atoms with E-state index >= 15 is 0 Å². The third-order valence-corrected chi connectivity index (χ3v) is 6.57. The van der Waals surface area contributed by atoms with Crippen LogP contribution in [0.1, 0.15) is 32.3 Å². The summed E-state index contributed by atoms with van der Waals surface area (Å²) < 4.78 is 28.7. The molecule has 1 aliphatic heterocycles. The van der Waals surface area contributed by atoms with Crippen molar-refractivity contribution in [3.63, 3.8) is 0 Å². The average molecular weight is 340 g/mol. The third kappa shape index (κ3) is 3.91. The Hall–Kier alpha value is -1.44. The summed E-state index contributed by atoms with van der Waals surface area (Å²) in [4.78, 5) is 11.3. The zero-order chi connectivity index (χ0) is 17.0. The Labute approximate surface area is 137 Å². The SMILES string of the molecule is CCN(Cc1ccccc1)S(=O)(=O)N1CCC[C@H](C(=O)O)[C@@H]1C. The van der Waals surface area contributed by atoms with Gasteiger partial charge in [0.25, 0.3) is 10.2 Å². The van der Waals surface area contributed by atoms with Crippen LogP contribution in [-0.4, -0.2) is 47.2 Å². The van der Waals surface area contributed by atoms with E-state index in [1.807, 2.05) is 30.3 Å². The van der Waals surface area contributed by atoms with Crippen LogP contribution in [0.25, 0.3) is 0 Å². The summed E-state index contributed by atoms with van der Waals surface area (Å²) in [6, 6.07) is 8.88. The molecule has 0 spiro atoms. The number of hydrogen-bond acceptors (Lipinski definition) is 3. The minimum atomic E-state index is -3.68. The molecule has 2 rings (SSSR count). The largest absolute Gasteiger partial charge is 0.481 e. The first-order valence-corrected chi connectivity index (χ1v) is 9.31. The second-order valence-corrected chi connectivity index (χ2v) is 7.74.